The summed E-state index contributed by atoms with van der Waals surface area (Å²) < 4.78 is 12.0. The molecule has 3 aromatic rings. The molecule has 194 valence electrons. The third-order valence-electron chi connectivity index (χ3n) is 7.29. The van der Waals surface area contributed by atoms with Crippen molar-refractivity contribution < 1.29 is 19.1 Å². The number of likely N-dealkylation sites (tertiary alicyclic amines) is 1. The van der Waals surface area contributed by atoms with Crippen molar-refractivity contribution in [3.63, 3.8) is 0 Å². The van der Waals surface area contributed by atoms with Gasteiger partial charge in [0.15, 0.2) is 11.5 Å². The number of pyridine rings is 1. The van der Waals surface area contributed by atoms with Crippen molar-refractivity contribution in [2.45, 2.75) is 32.4 Å². The van der Waals surface area contributed by atoms with Gasteiger partial charge in [-0.25, -0.2) is 4.98 Å². The van der Waals surface area contributed by atoms with Crippen molar-refractivity contribution in [2.24, 2.45) is 0 Å². The molecule has 5 rings (SSSR count). The lowest BCUT2D eigenvalue weighted by molar-refractivity contribution is -0.130. The van der Waals surface area contributed by atoms with Crippen molar-refractivity contribution in [1.82, 2.24) is 19.7 Å². The lowest BCUT2D eigenvalue weighted by atomic mass is 10.1. The summed E-state index contributed by atoms with van der Waals surface area (Å²) in [6, 6.07) is 17.7. The van der Waals surface area contributed by atoms with Gasteiger partial charge >= 0.3 is 0 Å². The highest BCUT2D eigenvalue weighted by molar-refractivity contribution is 5.95. The van der Waals surface area contributed by atoms with E-state index in [1.165, 1.54) is 0 Å². The Hall–Kier alpha value is -3.65. The molecule has 2 aliphatic rings. The molecule has 0 N–H and O–H groups in total. The number of hydrogen-bond donors (Lipinski definition) is 0. The summed E-state index contributed by atoms with van der Waals surface area (Å²) in [7, 11) is 1.65. The fraction of sp³-hybridized carbons (Fsp3) is 0.414. The number of methoxy groups -OCH3 is 1. The minimum Gasteiger partial charge on any atom is -0.493 e. The second-order valence-corrected chi connectivity index (χ2v) is 9.77. The number of amides is 2. The summed E-state index contributed by atoms with van der Waals surface area (Å²) in [6.07, 6.45) is 1.51. The molecular formula is C29H34N4O4. The van der Waals surface area contributed by atoms with Crippen LogP contribution in [0.25, 0.3) is 10.9 Å². The van der Waals surface area contributed by atoms with E-state index in [2.05, 4.69) is 22.0 Å². The Balaban J connectivity index is 1.18. The number of aromatic nitrogens is 1. The first kappa shape index (κ1) is 25.0. The topological polar surface area (TPSA) is 75.2 Å². The van der Waals surface area contributed by atoms with E-state index in [9.17, 15) is 9.59 Å². The van der Waals surface area contributed by atoms with Crippen LogP contribution in [0.1, 0.15) is 35.8 Å². The third-order valence-corrected chi connectivity index (χ3v) is 7.29. The maximum atomic E-state index is 13.1. The molecule has 0 unspecified atom stereocenters. The maximum absolute atomic E-state index is 13.1. The van der Waals surface area contributed by atoms with Gasteiger partial charge in [0.05, 0.1) is 12.6 Å². The van der Waals surface area contributed by atoms with Crippen LogP contribution in [0.2, 0.25) is 0 Å². The van der Waals surface area contributed by atoms with Crippen molar-refractivity contribution in [2.75, 3.05) is 46.4 Å². The quantitative estimate of drug-likeness (QED) is 0.513. The van der Waals surface area contributed by atoms with Gasteiger partial charge in [-0.3, -0.25) is 14.5 Å². The summed E-state index contributed by atoms with van der Waals surface area (Å²) in [5, 5.41) is 1.03. The van der Waals surface area contributed by atoms with Crippen LogP contribution in [-0.4, -0.2) is 84.0 Å². The summed E-state index contributed by atoms with van der Waals surface area (Å²) >= 11 is 0. The number of benzene rings is 2. The number of fused-ring (bicyclic) bond motifs is 1. The van der Waals surface area contributed by atoms with Gasteiger partial charge in [0.25, 0.3) is 5.91 Å². The smallest absolute Gasteiger partial charge is 0.272 e. The van der Waals surface area contributed by atoms with Crippen molar-refractivity contribution in [1.29, 1.82) is 0 Å². The molecule has 2 aliphatic heterocycles. The molecule has 1 aromatic heterocycles. The van der Waals surface area contributed by atoms with Gasteiger partial charge in [-0.15, -0.1) is 0 Å². The van der Waals surface area contributed by atoms with E-state index in [1.807, 2.05) is 52.3 Å². The molecule has 0 bridgehead atoms. The highest BCUT2D eigenvalue weighted by Crippen LogP contribution is 2.31. The Bertz CT molecular complexity index is 1260. The van der Waals surface area contributed by atoms with Gasteiger partial charge < -0.3 is 19.3 Å². The molecule has 0 radical (unpaired) electrons. The van der Waals surface area contributed by atoms with Crippen molar-refractivity contribution in [3.05, 3.63) is 65.9 Å². The first-order valence-corrected chi connectivity index (χ1v) is 13.0. The number of para-hydroxylation sites is 1. The van der Waals surface area contributed by atoms with E-state index in [0.29, 0.717) is 24.5 Å². The number of hydrogen-bond acceptors (Lipinski definition) is 6. The van der Waals surface area contributed by atoms with Crippen molar-refractivity contribution >= 4 is 22.7 Å². The second-order valence-electron chi connectivity index (χ2n) is 9.77. The number of rotatable bonds is 6. The zero-order valence-corrected chi connectivity index (χ0v) is 21.6. The predicted molar refractivity (Wildman–Crippen MR) is 142 cm³/mol. The number of ether oxygens (including phenoxy) is 2. The Morgan fingerprint density at radius 2 is 1.65 bits per heavy atom. The number of carbonyl (C=O) groups is 2. The third kappa shape index (κ3) is 5.85. The normalized spacial score (nSPS) is 17.1. The molecule has 2 amide bonds. The Morgan fingerprint density at radius 3 is 2.38 bits per heavy atom. The summed E-state index contributed by atoms with van der Waals surface area (Å²) in [5.41, 5.74) is 2.47. The maximum Gasteiger partial charge on any atom is 0.272 e. The first-order chi connectivity index (χ1) is 18.0. The number of nitrogens with zero attached hydrogens (tertiary/aromatic N) is 4. The molecule has 0 atom stereocenters. The highest BCUT2D eigenvalue weighted by Gasteiger charge is 2.26. The predicted octanol–water partition coefficient (Wildman–Crippen LogP) is 3.59. The van der Waals surface area contributed by atoms with Crippen LogP contribution in [0, 0.1) is 0 Å². The van der Waals surface area contributed by atoms with E-state index >= 15 is 0 Å². The lowest BCUT2D eigenvalue weighted by Crippen LogP contribution is -2.47. The van der Waals surface area contributed by atoms with Gasteiger partial charge in [0.1, 0.15) is 11.8 Å². The fourth-order valence-corrected chi connectivity index (χ4v) is 5.09. The van der Waals surface area contributed by atoms with Crippen LogP contribution >= 0.6 is 0 Å². The summed E-state index contributed by atoms with van der Waals surface area (Å²) in [5.74, 6) is 1.56. The SMILES string of the molecule is COc1ccc(CN2CCN(C(C)=O)CC2)cc1OC1CCN(C(=O)c2ccc3ccccc3n2)CC1. The van der Waals surface area contributed by atoms with Crippen LogP contribution in [0.5, 0.6) is 11.5 Å². The minimum atomic E-state index is -0.0337. The molecule has 2 fully saturated rings. The molecule has 0 saturated carbocycles. The second kappa shape index (κ2) is 11.2. The molecule has 0 spiro atoms. The largest absolute Gasteiger partial charge is 0.493 e. The lowest BCUT2D eigenvalue weighted by Gasteiger charge is -2.34. The van der Waals surface area contributed by atoms with Gasteiger partial charge in [0.2, 0.25) is 5.91 Å². The van der Waals surface area contributed by atoms with Crippen LogP contribution in [0.4, 0.5) is 0 Å². The Morgan fingerprint density at radius 1 is 0.892 bits per heavy atom. The zero-order valence-electron chi connectivity index (χ0n) is 21.6. The van der Waals surface area contributed by atoms with Gasteiger partial charge in [-0.2, -0.15) is 0 Å². The fourth-order valence-electron chi connectivity index (χ4n) is 5.09. The molecule has 2 aromatic carbocycles. The molecule has 0 aliphatic carbocycles. The standard InChI is InChI=1S/C29H34N4O4/c1-21(34)32-17-15-31(16-18-32)20-22-7-10-27(36-2)28(19-22)37-24-11-13-33(14-12-24)29(35)26-9-8-23-5-3-4-6-25(23)30-26/h3-10,19,24H,11-18,20H2,1-2H3. The minimum absolute atomic E-state index is 0.0110. The first-order valence-electron chi connectivity index (χ1n) is 13.0. The summed E-state index contributed by atoms with van der Waals surface area (Å²) in [6.45, 7) is 6.94. The molecular weight excluding hydrogens is 468 g/mol. The van der Waals surface area contributed by atoms with E-state index in [-0.39, 0.29) is 17.9 Å². The zero-order chi connectivity index (χ0) is 25.8. The van der Waals surface area contributed by atoms with Gasteiger partial charge in [-0.1, -0.05) is 30.3 Å². The molecule has 2 saturated heterocycles. The monoisotopic (exact) mass is 502 g/mol. The van der Waals surface area contributed by atoms with Crippen LogP contribution in [0.3, 0.4) is 0 Å². The van der Waals surface area contributed by atoms with Crippen LogP contribution in [-0.2, 0) is 11.3 Å². The Kier molecular flexibility index (Phi) is 7.55. The molecule has 3 heterocycles. The number of piperazine rings is 1. The van der Waals surface area contributed by atoms with E-state index in [1.54, 1.807) is 14.0 Å². The van der Waals surface area contributed by atoms with E-state index < -0.39 is 0 Å². The van der Waals surface area contributed by atoms with Gasteiger partial charge in [-0.05, 0) is 29.8 Å². The van der Waals surface area contributed by atoms with E-state index in [0.717, 1.165) is 67.8 Å². The number of carbonyl (C=O) groups excluding carboxylic acids is 2. The highest BCUT2D eigenvalue weighted by atomic mass is 16.5. The van der Waals surface area contributed by atoms with Crippen LogP contribution < -0.4 is 9.47 Å². The van der Waals surface area contributed by atoms with Crippen LogP contribution in [0.15, 0.2) is 54.6 Å². The molecule has 37 heavy (non-hydrogen) atoms. The summed E-state index contributed by atoms with van der Waals surface area (Å²) in [4.78, 5) is 35.4. The Labute approximate surface area is 217 Å². The average molecular weight is 503 g/mol. The average Bonchev–Trinajstić information content (AvgIpc) is 2.93. The number of piperidine rings is 1. The van der Waals surface area contributed by atoms with E-state index in [4.69, 9.17) is 9.47 Å². The molecule has 8 nitrogen and oxygen atoms in total. The molecule has 8 heteroatoms. The van der Waals surface area contributed by atoms with Crippen molar-refractivity contribution in [3.8, 4) is 11.5 Å². The van der Waals surface area contributed by atoms with Gasteiger partial charge in [0, 0.05) is 71.0 Å².